The van der Waals surface area contributed by atoms with Gasteiger partial charge in [0.1, 0.15) is 11.6 Å². The quantitative estimate of drug-likeness (QED) is 0.824. The third kappa shape index (κ3) is 2.40. The molecule has 3 nitrogen and oxygen atoms in total. The fraction of sp³-hybridized carbons (Fsp3) is 0.0769. The van der Waals surface area contributed by atoms with E-state index < -0.39 is 0 Å². The van der Waals surface area contributed by atoms with Crippen molar-refractivity contribution in [2.45, 2.75) is 4.90 Å². The molecule has 0 aliphatic heterocycles. The smallest absolute Gasteiger partial charge is 0.265 e. The molecule has 0 saturated carbocycles. The average molecular weight is 242 g/mol. The minimum absolute atomic E-state index is 0.136. The van der Waals surface area contributed by atoms with Gasteiger partial charge in [-0.2, -0.15) is 5.26 Å². The summed E-state index contributed by atoms with van der Waals surface area (Å²) in [4.78, 5) is 15.0. The first-order chi connectivity index (χ1) is 8.24. The summed E-state index contributed by atoms with van der Waals surface area (Å²) in [5.41, 5.74) is 1.61. The standard InChI is InChI=1S/C13H10N2OS/c1-17-12-4-2-9(3-5-12)11-6-10(7-14)13(16)15-8-11/h2-6,8H,1H3,(H,15,16). The average Bonchev–Trinajstić information content (AvgIpc) is 2.39. The van der Waals surface area contributed by atoms with E-state index in [1.165, 1.54) is 4.90 Å². The molecule has 2 aromatic rings. The highest BCUT2D eigenvalue weighted by Crippen LogP contribution is 2.22. The molecule has 0 fully saturated rings. The monoisotopic (exact) mass is 242 g/mol. The van der Waals surface area contributed by atoms with Crippen molar-refractivity contribution in [3.8, 4) is 17.2 Å². The molecule has 0 amide bonds. The topological polar surface area (TPSA) is 56.6 Å². The van der Waals surface area contributed by atoms with E-state index >= 15 is 0 Å². The molecule has 0 radical (unpaired) electrons. The van der Waals surface area contributed by atoms with Crippen LogP contribution in [0.25, 0.3) is 11.1 Å². The Hall–Kier alpha value is -1.99. The summed E-state index contributed by atoms with van der Waals surface area (Å²) in [5, 5.41) is 8.80. The van der Waals surface area contributed by atoms with Gasteiger partial charge in [-0.25, -0.2) is 0 Å². The summed E-state index contributed by atoms with van der Waals surface area (Å²) in [5.74, 6) is 0. The van der Waals surface area contributed by atoms with Crippen LogP contribution in [-0.4, -0.2) is 11.2 Å². The number of H-pyrrole nitrogens is 1. The van der Waals surface area contributed by atoms with E-state index in [4.69, 9.17) is 5.26 Å². The molecular weight excluding hydrogens is 232 g/mol. The molecule has 17 heavy (non-hydrogen) atoms. The van der Waals surface area contributed by atoms with Crippen LogP contribution in [0, 0.1) is 11.3 Å². The zero-order chi connectivity index (χ0) is 12.3. The van der Waals surface area contributed by atoms with E-state index in [1.807, 2.05) is 36.6 Å². The first-order valence-corrected chi connectivity index (χ1v) is 6.24. The summed E-state index contributed by atoms with van der Waals surface area (Å²) in [7, 11) is 0. The Morgan fingerprint density at radius 2 is 1.94 bits per heavy atom. The Morgan fingerprint density at radius 3 is 2.53 bits per heavy atom. The van der Waals surface area contributed by atoms with Gasteiger partial charge in [0, 0.05) is 11.1 Å². The van der Waals surface area contributed by atoms with E-state index in [0.717, 1.165) is 11.1 Å². The van der Waals surface area contributed by atoms with Crippen molar-refractivity contribution in [1.82, 2.24) is 4.98 Å². The second-order valence-corrected chi connectivity index (χ2v) is 4.35. The molecule has 0 saturated heterocycles. The number of hydrogen-bond acceptors (Lipinski definition) is 3. The van der Waals surface area contributed by atoms with Crippen LogP contribution in [0.15, 0.2) is 46.2 Å². The molecule has 1 heterocycles. The third-order valence-electron chi connectivity index (χ3n) is 2.45. The van der Waals surface area contributed by atoms with Crippen molar-refractivity contribution in [2.24, 2.45) is 0 Å². The van der Waals surface area contributed by atoms with Gasteiger partial charge in [0.25, 0.3) is 5.56 Å². The molecule has 0 unspecified atom stereocenters. The van der Waals surface area contributed by atoms with E-state index in [0.29, 0.717) is 0 Å². The maximum atomic E-state index is 11.3. The van der Waals surface area contributed by atoms with Crippen molar-refractivity contribution in [3.05, 3.63) is 52.4 Å². The lowest BCUT2D eigenvalue weighted by Gasteiger charge is -2.02. The third-order valence-corrected chi connectivity index (χ3v) is 3.19. The Kier molecular flexibility index (Phi) is 3.31. The molecule has 0 aliphatic rings. The first-order valence-electron chi connectivity index (χ1n) is 5.02. The van der Waals surface area contributed by atoms with E-state index in [9.17, 15) is 4.79 Å². The molecule has 84 valence electrons. The first kappa shape index (κ1) is 11.5. The van der Waals surface area contributed by atoms with Crippen molar-refractivity contribution in [2.75, 3.05) is 6.26 Å². The number of hydrogen-bond donors (Lipinski definition) is 1. The van der Waals surface area contributed by atoms with Crippen molar-refractivity contribution >= 4 is 11.8 Å². The summed E-state index contributed by atoms with van der Waals surface area (Å²) in [6.07, 6.45) is 3.64. The number of nitrogens with zero attached hydrogens (tertiary/aromatic N) is 1. The Balaban J connectivity index is 2.46. The largest absolute Gasteiger partial charge is 0.327 e. The van der Waals surface area contributed by atoms with Gasteiger partial charge in [-0.15, -0.1) is 11.8 Å². The van der Waals surface area contributed by atoms with Gasteiger partial charge in [0.05, 0.1) is 0 Å². The number of nitriles is 1. The molecule has 0 aliphatic carbocycles. The van der Waals surface area contributed by atoms with Gasteiger partial charge in [-0.1, -0.05) is 12.1 Å². The molecule has 2 rings (SSSR count). The fourth-order valence-corrected chi connectivity index (χ4v) is 1.93. The zero-order valence-electron chi connectivity index (χ0n) is 9.23. The highest BCUT2D eigenvalue weighted by atomic mass is 32.2. The van der Waals surface area contributed by atoms with Crippen molar-refractivity contribution in [3.63, 3.8) is 0 Å². The van der Waals surface area contributed by atoms with Crippen LogP contribution in [0.3, 0.4) is 0 Å². The Morgan fingerprint density at radius 1 is 1.24 bits per heavy atom. The van der Waals surface area contributed by atoms with Crippen LogP contribution in [0.1, 0.15) is 5.56 Å². The molecule has 0 spiro atoms. The lowest BCUT2D eigenvalue weighted by atomic mass is 10.1. The summed E-state index contributed by atoms with van der Waals surface area (Å²) < 4.78 is 0. The second-order valence-electron chi connectivity index (χ2n) is 3.47. The Bertz CT molecular complexity index is 623. The van der Waals surface area contributed by atoms with Gasteiger partial charge >= 0.3 is 0 Å². The van der Waals surface area contributed by atoms with Crippen LogP contribution in [-0.2, 0) is 0 Å². The van der Waals surface area contributed by atoms with E-state index in [2.05, 4.69) is 4.98 Å². The van der Waals surface area contributed by atoms with Crippen LogP contribution >= 0.6 is 11.8 Å². The van der Waals surface area contributed by atoms with Crippen molar-refractivity contribution < 1.29 is 0 Å². The molecule has 1 aromatic heterocycles. The number of benzene rings is 1. The second kappa shape index (κ2) is 4.89. The number of aromatic amines is 1. The van der Waals surface area contributed by atoms with E-state index in [-0.39, 0.29) is 11.1 Å². The fourth-order valence-electron chi connectivity index (χ4n) is 1.52. The van der Waals surface area contributed by atoms with E-state index in [1.54, 1.807) is 24.0 Å². The number of aromatic nitrogens is 1. The molecular formula is C13H10N2OS. The van der Waals surface area contributed by atoms with Gasteiger partial charge in [-0.3, -0.25) is 4.79 Å². The van der Waals surface area contributed by atoms with Crippen LogP contribution in [0.4, 0.5) is 0 Å². The number of nitrogens with one attached hydrogen (secondary N) is 1. The number of pyridine rings is 1. The molecule has 1 aromatic carbocycles. The molecule has 1 N–H and O–H groups in total. The minimum Gasteiger partial charge on any atom is -0.327 e. The SMILES string of the molecule is CSc1ccc(-c2c[nH]c(=O)c(C#N)c2)cc1. The van der Waals surface area contributed by atoms with Gasteiger partial charge in [-0.05, 0) is 35.6 Å². The maximum Gasteiger partial charge on any atom is 0.265 e. The van der Waals surface area contributed by atoms with Gasteiger partial charge < -0.3 is 4.98 Å². The van der Waals surface area contributed by atoms with Crippen LogP contribution in [0.2, 0.25) is 0 Å². The summed E-state index contributed by atoms with van der Waals surface area (Å²) in [6, 6.07) is 11.5. The maximum absolute atomic E-state index is 11.3. The highest BCUT2D eigenvalue weighted by Gasteiger charge is 2.02. The molecule has 4 heteroatoms. The predicted octanol–water partition coefficient (Wildman–Crippen LogP) is 2.64. The van der Waals surface area contributed by atoms with Gasteiger partial charge in [0.15, 0.2) is 0 Å². The number of thioether (sulfide) groups is 1. The Labute approximate surface area is 103 Å². The predicted molar refractivity (Wildman–Crippen MR) is 69.0 cm³/mol. The summed E-state index contributed by atoms with van der Waals surface area (Å²) in [6.45, 7) is 0. The van der Waals surface area contributed by atoms with Crippen LogP contribution in [0.5, 0.6) is 0 Å². The normalized spacial score (nSPS) is 9.88. The van der Waals surface area contributed by atoms with Crippen LogP contribution < -0.4 is 5.56 Å². The lowest BCUT2D eigenvalue weighted by molar-refractivity contribution is 1.21. The van der Waals surface area contributed by atoms with Gasteiger partial charge in [0.2, 0.25) is 0 Å². The lowest BCUT2D eigenvalue weighted by Crippen LogP contribution is -2.08. The molecule has 0 atom stereocenters. The highest BCUT2D eigenvalue weighted by molar-refractivity contribution is 7.98. The zero-order valence-corrected chi connectivity index (χ0v) is 10.0. The van der Waals surface area contributed by atoms with Crippen molar-refractivity contribution in [1.29, 1.82) is 5.26 Å². The summed E-state index contributed by atoms with van der Waals surface area (Å²) >= 11 is 1.67. The minimum atomic E-state index is -0.350. The number of rotatable bonds is 2. The molecule has 0 bridgehead atoms.